The third-order valence-electron chi connectivity index (χ3n) is 5.74. The molecule has 1 rings (SSSR count). The van der Waals surface area contributed by atoms with E-state index >= 15 is 0 Å². The molecule has 0 bridgehead atoms. The van der Waals surface area contributed by atoms with Gasteiger partial charge in [0.25, 0.3) is 0 Å². The number of aliphatic imine (C=N–C) groups is 1. The van der Waals surface area contributed by atoms with Crippen LogP contribution in [0.25, 0.3) is 0 Å². The summed E-state index contributed by atoms with van der Waals surface area (Å²) in [6.45, 7) is 14.6. The fraction of sp³-hybridized carbons (Fsp3) is 0.720. The maximum absolute atomic E-state index is 9.11. The van der Waals surface area contributed by atoms with E-state index in [0.717, 1.165) is 0 Å². The smallest absolute Gasteiger partial charge is 0.211 e. The summed E-state index contributed by atoms with van der Waals surface area (Å²) in [6, 6.07) is 11.2. The van der Waals surface area contributed by atoms with E-state index in [1.807, 2.05) is 0 Å². The Hall–Kier alpha value is -0.966. The normalized spacial score (nSPS) is 11.0. The lowest BCUT2D eigenvalue weighted by atomic mass is 10.1. The maximum Gasteiger partial charge on any atom is 0.234 e. The highest BCUT2D eigenvalue weighted by Crippen LogP contribution is 2.17. The fourth-order valence-electron chi connectivity index (χ4n) is 3.58. The average molecular weight is 434 g/mol. The van der Waals surface area contributed by atoms with Crippen molar-refractivity contribution in [3.8, 4) is 0 Å². The van der Waals surface area contributed by atoms with Crippen LogP contribution in [0.15, 0.2) is 29.3 Å². The van der Waals surface area contributed by atoms with Crippen molar-refractivity contribution in [2.45, 2.75) is 110 Å². The number of carbonyl (C=O) groups excluding carboxylic acids is 1. The van der Waals surface area contributed by atoms with Crippen molar-refractivity contribution in [1.29, 1.82) is 0 Å². The van der Waals surface area contributed by atoms with Gasteiger partial charge in [-0.05, 0) is 6.92 Å². The van der Waals surface area contributed by atoms with Crippen LogP contribution in [0.4, 0.5) is 0 Å². The van der Waals surface area contributed by atoms with E-state index in [1.165, 1.54) is 76.3 Å². The predicted octanol–water partition coefficient (Wildman–Crippen LogP) is 6.56. The Morgan fingerprint density at radius 3 is 1.69 bits per heavy atom. The molecule has 0 unspecified atom stereocenters. The largest absolute Gasteiger partial charge is 0.234 e. The summed E-state index contributed by atoms with van der Waals surface area (Å²) < 4.78 is 0. The van der Waals surface area contributed by atoms with Crippen molar-refractivity contribution >= 4 is 33.3 Å². The van der Waals surface area contributed by atoms with Crippen LogP contribution < -0.4 is 10.4 Å². The Bertz CT molecular complexity index is 548. The maximum atomic E-state index is 9.11. The molecular weight excluding hydrogens is 386 g/mol. The Balaban J connectivity index is 0.00000139. The first-order chi connectivity index (χ1) is 13.9. The van der Waals surface area contributed by atoms with Gasteiger partial charge in [-0.25, -0.2) is 9.79 Å². The van der Waals surface area contributed by atoms with Crippen molar-refractivity contribution in [3.63, 3.8) is 0 Å². The molecule has 2 nitrogen and oxygen atoms in total. The second-order valence-corrected chi connectivity index (χ2v) is 17.0. The van der Waals surface area contributed by atoms with E-state index in [9.17, 15) is 0 Å². The first-order valence-electron chi connectivity index (χ1n) is 12.0. The van der Waals surface area contributed by atoms with Crippen LogP contribution in [-0.4, -0.2) is 29.5 Å². The molecule has 1 aromatic carbocycles. The van der Waals surface area contributed by atoms with Gasteiger partial charge in [-0.1, -0.05) is 138 Å². The average Bonchev–Trinajstić information content (AvgIpc) is 2.70. The predicted molar refractivity (Wildman–Crippen MR) is 137 cm³/mol. The Kier molecular flexibility index (Phi) is 17.3. The third kappa shape index (κ3) is 14.6. The summed E-state index contributed by atoms with van der Waals surface area (Å²) in [7, 11) is -1.85. The standard InChI is InChI=1S/C22H42Si2.C3H5NO/c1-6-7-8-9-10-11-12-13-14-15-20-24(4,5)22-18-16-21(17-19-22)23(2)3;1-2-4-3-5/h16-19,23H,6-15,20H2,1-5H3;2H2,1H3. The second-order valence-electron chi connectivity index (χ2n) is 9.16. The van der Waals surface area contributed by atoms with Gasteiger partial charge in [-0.3, -0.25) is 0 Å². The number of nitrogens with zero attached hydrogens (tertiary/aromatic N) is 1. The molecule has 0 saturated carbocycles. The summed E-state index contributed by atoms with van der Waals surface area (Å²) in [5, 5.41) is 3.28. The molecule has 0 heterocycles. The summed E-state index contributed by atoms with van der Waals surface area (Å²) in [5.74, 6) is 0. The lowest BCUT2D eigenvalue weighted by Gasteiger charge is -2.23. The van der Waals surface area contributed by atoms with Gasteiger partial charge in [0, 0.05) is 6.54 Å². The van der Waals surface area contributed by atoms with E-state index in [-0.39, 0.29) is 0 Å². The molecule has 0 aliphatic heterocycles. The van der Waals surface area contributed by atoms with Crippen molar-refractivity contribution < 1.29 is 4.79 Å². The molecule has 0 spiro atoms. The SMILES string of the molecule is CCCCCCCCCCCC[Si](C)(C)c1ccc([SiH](C)C)cc1.CCN=C=O. The van der Waals surface area contributed by atoms with Gasteiger partial charge in [0.15, 0.2) is 0 Å². The zero-order valence-electron chi connectivity index (χ0n) is 20.2. The molecule has 0 amide bonds. The molecule has 0 aliphatic carbocycles. The third-order valence-corrected chi connectivity index (χ3v) is 11.0. The Labute approximate surface area is 184 Å². The van der Waals surface area contributed by atoms with Crippen LogP contribution in [0.3, 0.4) is 0 Å². The van der Waals surface area contributed by atoms with E-state index in [4.69, 9.17) is 4.79 Å². The van der Waals surface area contributed by atoms with E-state index in [0.29, 0.717) is 6.54 Å². The molecule has 0 aromatic heterocycles. The van der Waals surface area contributed by atoms with Gasteiger partial charge in [0.2, 0.25) is 6.08 Å². The van der Waals surface area contributed by atoms with E-state index in [1.54, 1.807) is 17.3 Å². The number of isocyanates is 1. The van der Waals surface area contributed by atoms with Crippen LogP contribution in [0.2, 0.25) is 32.2 Å². The van der Waals surface area contributed by atoms with Crippen LogP contribution in [0, 0.1) is 0 Å². The lowest BCUT2D eigenvalue weighted by molar-refractivity contribution is 0.561. The molecular formula is C25H47NOSi2. The lowest BCUT2D eigenvalue weighted by Crippen LogP contribution is -2.42. The Morgan fingerprint density at radius 1 is 0.828 bits per heavy atom. The molecule has 29 heavy (non-hydrogen) atoms. The molecule has 1 aromatic rings. The minimum absolute atomic E-state index is 0.545. The molecule has 166 valence electrons. The summed E-state index contributed by atoms with van der Waals surface area (Å²) in [6.07, 6.45) is 15.8. The summed E-state index contributed by atoms with van der Waals surface area (Å²) in [5.41, 5.74) is 0. The van der Waals surface area contributed by atoms with Gasteiger partial charge in [-0.2, -0.15) is 0 Å². The summed E-state index contributed by atoms with van der Waals surface area (Å²) in [4.78, 5) is 12.3. The molecule has 0 aliphatic rings. The van der Waals surface area contributed by atoms with Crippen LogP contribution >= 0.6 is 0 Å². The molecule has 0 fully saturated rings. The molecule has 0 N–H and O–H groups in total. The fourth-order valence-corrected chi connectivity index (χ4v) is 7.04. The van der Waals surface area contributed by atoms with Gasteiger partial charge >= 0.3 is 0 Å². The van der Waals surface area contributed by atoms with E-state index in [2.05, 4.69) is 62.4 Å². The van der Waals surface area contributed by atoms with Gasteiger partial charge in [-0.15, -0.1) is 0 Å². The zero-order chi connectivity index (χ0) is 22.0. The van der Waals surface area contributed by atoms with Crippen molar-refractivity contribution in [3.05, 3.63) is 24.3 Å². The second kappa shape index (κ2) is 17.9. The van der Waals surface area contributed by atoms with Gasteiger partial charge in [0.1, 0.15) is 0 Å². The number of hydrogen-bond acceptors (Lipinski definition) is 2. The van der Waals surface area contributed by atoms with Crippen LogP contribution in [-0.2, 0) is 4.79 Å². The highest BCUT2D eigenvalue weighted by Gasteiger charge is 2.22. The first kappa shape index (κ1) is 28.0. The Morgan fingerprint density at radius 2 is 1.31 bits per heavy atom. The minimum atomic E-state index is -1.21. The van der Waals surface area contributed by atoms with E-state index < -0.39 is 16.9 Å². The highest BCUT2D eigenvalue weighted by atomic mass is 28.3. The summed E-state index contributed by atoms with van der Waals surface area (Å²) >= 11 is 0. The zero-order valence-corrected chi connectivity index (χ0v) is 22.4. The molecule has 0 atom stereocenters. The quantitative estimate of drug-likeness (QED) is 0.141. The van der Waals surface area contributed by atoms with Crippen molar-refractivity contribution in [1.82, 2.24) is 0 Å². The topological polar surface area (TPSA) is 29.4 Å². The van der Waals surface area contributed by atoms with Crippen LogP contribution in [0.5, 0.6) is 0 Å². The van der Waals surface area contributed by atoms with Crippen molar-refractivity contribution in [2.75, 3.05) is 6.54 Å². The highest BCUT2D eigenvalue weighted by molar-refractivity contribution is 6.89. The number of benzene rings is 1. The van der Waals surface area contributed by atoms with Gasteiger partial charge < -0.3 is 0 Å². The number of rotatable bonds is 14. The first-order valence-corrected chi connectivity index (χ1v) is 18.1. The van der Waals surface area contributed by atoms with Gasteiger partial charge in [0.05, 0.1) is 16.9 Å². The molecule has 4 heteroatoms. The molecule has 0 saturated heterocycles. The molecule has 0 radical (unpaired) electrons. The minimum Gasteiger partial charge on any atom is -0.211 e. The van der Waals surface area contributed by atoms with Crippen LogP contribution in [0.1, 0.15) is 78.1 Å². The number of hydrogen-bond donors (Lipinski definition) is 0. The number of unbranched alkanes of at least 4 members (excludes halogenated alkanes) is 9. The monoisotopic (exact) mass is 433 g/mol. The van der Waals surface area contributed by atoms with Crippen molar-refractivity contribution in [2.24, 2.45) is 4.99 Å².